The minimum Gasteiger partial charge on any atom is -0.345 e. The zero-order chi connectivity index (χ0) is 15.1. The van der Waals surface area contributed by atoms with Crippen molar-refractivity contribution in [2.24, 2.45) is 0 Å². The van der Waals surface area contributed by atoms with Crippen LogP contribution in [0.2, 0.25) is 0 Å². The average Bonchev–Trinajstić information content (AvgIpc) is 3.02. The molecular weight excluding hydrogens is 262 g/mol. The molecule has 5 nitrogen and oxygen atoms in total. The minimum absolute atomic E-state index is 0.0210. The Hall–Kier alpha value is -2.81. The molecule has 0 amide bonds. The molecule has 1 aliphatic rings. The van der Waals surface area contributed by atoms with E-state index in [0.29, 0.717) is 5.69 Å². The predicted octanol–water partition coefficient (Wildman–Crippen LogP) is 2.52. The van der Waals surface area contributed by atoms with E-state index in [4.69, 9.17) is 15.8 Å². The van der Waals surface area contributed by atoms with Crippen molar-refractivity contribution in [2.45, 2.75) is 19.4 Å². The molecular formula is C16H15N5. The van der Waals surface area contributed by atoms with Crippen LogP contribution in [0, 0.1) is 34.0 Å². The lowest BCUT2D eigenvalue weighted by atomic mass is 10.2. The molecule has 0 atom stereocenters. The summed E-state index contributed by atoms with van der Waals surface area (Å²) < 4.78 is 0. The monoisotopic (exact) mass is 277 g/mol. The summed E-state index contributed by atoms with van der Waals surface area (Å²) in [6.07, 6.45) is 2.53. The zero-order valence-corrected chi connectivity index (χ0v) is 11.6. The molecule has 1 saturated heterocycles. The van der Waals surface area contributed by atoms with Gasteiger partial charge in [0.1, 0.15) is 23.9 Å². The quantitative estimate of drug-likeness (QED) is 0.854. The van der Waals surface area contributed by atoms with Crippen LogP contribution in [0.3, 0.4) is 0 Å². The predicted molar refractivity (Wildman–Crippen MR) is 78.4 cm³/mol. The third-order valence-corrected chi connectivity index (χ3v) is 3.41. The molecule has 0 saturated carbocycles. The molecule has 1 aromatic rings. The van der Waals surface area contributed by atoms with E-state index in [1.165, 1.54) is 18.4 Å². The van der Waals surface area contributed by atoms with Crippen LogP contribution in [0.1, 0.15) is 18.4 Å². The van der Waals surface area contributed by atoms with Gasteiger partial charge in [-0.15, -0.1) is 0 Å². The number of likely N-dealkylation sites (tertiary alicyclic amines) is 1. The van der Waals surface area contributed by atoms with Gasteiger partial charge in [-0.2, -0.15) is 15.8 Å². The standard InChI is InChI=1S/C16H15N5/c17-9-14(10-18)16(11-19)20-15-5-3-13(4-6-15)12-21-7-1-2-8-21/h3-6,20H,1-2,7-8,12H2. The molecule has 5 heteroatoms. The summed E-state index contributed by atoms with van der Waals surface area (Å²) >= 11 is 0. The first-order valence-corrected chi connectivity index (χ1v) is 6.79. The van der Waals surface area contributed by atoms with Crippen LogP contribution in [0.4, 0.5) is 5.69 Å². The average molecular weight is 277 g/mol. The highest BCUT2D eigenvalue weighted by atomic mass is 15.1. The summed E-state index contributed by atoms with van der Waals surface area (Å²) in [6, 6.07) is 13.0. The van der Waals surface area contributed by atoms with Gasteiger partial charge in [0.15, 0.2) is 5.57 Å². The Bertz CT molecular complexity index is 630. The van der Waals surface area contributed by atoms with E-state index in [0.717, 1.165) is 19.6 Å². The number of hydrogen-bond acceptors (Lipinski definition) is 5. The lowest BCUT2D eigenvalue weighted by Gasteiger charge is -2.14. The van der Waals surface area contributed by atoms with Gasteiger partial charge < -0.3 is 5.32 Å². The molecule has 21 heavy (non-hydrogen) atoms. The maximum absolute atomic E-state index is 8.99. The largest absolute Gasteiger partial charge is 0.345 e. The van der Waals surface area contributed by atoms with Crippen LogP contribution >= 0.6 is 0 Å². The van der Waals surface area contributed by atoms with Crippen molar-refractivity contribution < 1.29 is 0 Å². The van der Waals surface area contributed by atoms with Crippen molar-refractivity contribution in [3.63, 3.8) is 0 Å². The molecule has 104 valence electrons. The second-order valence-electron chi connectivity index (χ2n) is 4.89. The summed E-state index contributed by atoms with van der Waals surface area (Å²) in [4.78, 5) is 2.41. The summed E-state index contributed by atoms with van der Waals surface area (Å²) in [6.45, 7) is 3.23. The van der Waals surface area contributed by atoms with Crippen molar-refractivity contribution in [3.8, 4) is 18.2 Å². The molecule has 2 rings (SSSR count). The number of anilines is 1. The number of nitriles is 3. The van der Waals surface area contributed by atoms with Crippen LogP contribution in [0.15, 0.2) is 35.5 Å². The molecule has 1 fully saturated rings. The number of rotatable bonds is 4. The Morgan fingerprint density at radius 3 is 2.14 bits per heavy atom. The van der Waals surface area contributed by atoms with E-state index >= 15 is 0 Å². The zero-order valence-electron chi connectivity index (χ0n) is 11.6. The number of benzene rings is 1. The molecule has 1 aliphatic heterocycles. The molecule has 0 aromatic heterocycles. The van der Waals surface area contributed by atoms with Gasteiger partial charge in [-0.05, 0) is 43.6 Å². The molecule has 0 radical (unpaired) electrons. The van der Waals surface area contributed by atoms with E-state index in [2.05, 4.69) is 10.2 Å². The van der Waals surface area contributed by atoms with Gasteiger partial charge in [0, 0.05) is 12.2 Å². The molecule has 1 aromatic carbocycles. The SMILES string of the molecule is N#CC(C#N)=C(C#N)Nc1ccc(CN2CCCC2)cc1. The Labute approximate surface area is 124 Å². The van der Waals surface area contributed by atoms with Gasteiger partial charge in [0.25, 0.3) is 0 Å². The smallest absolute Gasteiger partial charge is 0.163 e. The second kappa shape index (κ2) is 7.10. The molecule has 0 unspecified atom stereocenters. The minimum atomic E-state index is -0.210. The van der Waals surface area contributed by atoms with Gasteiger partial charge >= 0.3 is 0 Å². The number of allylic oxidation sites excluding steroid dienone is 2. The van der Waals surface area contributed by atoms with Crippen LogP contribution in [-0.2, 0) is 6.54 Å². The number of nitrogens with one attached hydrogen (secondary N) is 1. The highest BCUT2D eigenvalue weighted by Crippen LogP contribution is 2.16. The van der Waals surface area contributed by atoms with Crippen LogP contribution in [0.5, 0.6) is 0 Å². The highest BCUT2D eigenvalue weighted by molar-refractivity contribution is 5.58. The van der Waals surface area contributed by atoms with E-state index in [9.17, 15) is 0 Å². The van der Waals surface area contributed by atoms with Crippen LogP contribution in [0.25, 0.3) is 0 Å². The first kappa shape index (κ1) is 14.6. The van der Waals surface area contributed by atoms with E-state index < -0.39 is 0 Å². The Morgan fingerprint density at radius 1 is 1.00 bits per heavy atom. The van der Waals surface area contributed by atoms with E-state index in [1.54, 1.807) is 12.1 Å². The topological polar surface area (TPSA) is 86.6 Å². The first-order chi connectivity index (χ1) is 10.3. The number of nitrogens with zero attached hydrogens (tertiary/aromatic N) is 4. The summed E-state index contributed by atoms with van der Waals surface area (Å²) in [7, 11) is 0. The fourth-order valence-corrected chi connectivity index (χ4v) is 2.32. The third kappa shape index (κ3) is 3.83. The second-order valence-corrected chi connectivity index (χ2v) is 4.89. The third-order valence-electron chi connectivity index (χ3n) is 3.41. The van der Waals surface area contributed by atoms with Gasteiger partial charge in [-0.25, -0.2) is 0 Å². The van der Waals surface area contributed by atoms with Crippen molar-refractivity contribution in [2.75, 3.05) is 18.4 Å². The summed E-state index contributed by atoms with van der Waals surface area (Å²) in [5.41, 5.74) is 1.68. The fraction of sp³-hybridized carbons (Fsp3) is 0.312. The van der Waals surface area contributed by atoms with Crippen molar-refractivity contribution in [3.05, 3.63) is 41.1 Å². The molecule has 1 heterocycles. The first-order valence-electron chi connectivity index (χ1n) is 6.79. The van der Waals surface area contributed by atoms with E-state index in [1.807, 2.05) is 30.3 Å². The van der Waals surface area contributed by atoms with Gasteiger partial charge in [-0.1, -0.05) is 12.1 Å². The van der Waals surface area contributed by atoms with E-state index in [-0.39, 0.29) is 11.3 Å². The Kier molecular flexibility index (Phi) is 4.94. The molecule has 0 spiro atoms. The van der Waals surface area contributed by atoms with Crippen molar-refractivity contribution in [1.82, 2.24) is 4.90 Å². The maximum Gasteiger partial charge on any atom is 0.163 e. The van der Waals surface area contributed by atoms with Crippen molar-refractivity contribution >= 4 is 5.69 Å². The normalized spacial score (nSPS) is 13.8. The number of hydrogen-bond donors (Lipinski definition) is 1. The summed E-state index contributed by atoms with van der Waals surface area (Å²) in [5.74, 6) is 0. The highest BCUT2D eigenvalue weighted by Gasteiger charge is 2.11. The van der Waals surface area contributed by atoms with Crippen LogP contribution in [-0.4, -0.2) is 18.0 Å². The Morgan fingerprint density at radius 2 is 1.62 bits per heavy atom. The molecule has 0 aliphatic carbocycles. The van der Waals surface area contributed by atoms with Crippen LogP contribution < -0.4 is 5.32 Å². The van der Waals surface area contributed by atoms with Crippen molar-refractivity contribution in [1.29, 1.82) is 15.8 Å². The summed E-state index contributed by atoms with van der Waals surface area (Å²) in [5, 5.41) is 29.4. The van der Waals surface area contributed by atoms with Gasteiger partial charge in [0.2, 0.25) is 0 Å². The molecule has 1 N–H and O–H groups in total. The van der Waals surface area contributed by atoms with Gasteiger partial charge in [0.05, 0.1) is 0 Å². The lowest BCUT2D eigenvalue weighted by Crippen LogP contribution is -2.18. The lowest BCUT2D eigenvalue weighted by molar-refractivity contribution is 0.331. The molecule has 0 bridgehead atoms. The Balaban J connectivity index is 2.06. The maximum atomic E-state index is 8.99. The van der Waals surface area contributed by atoms with Gasteiger partial charge in [-0.3, -0.25) is 4.90 Å². The fourth-order valence-electron chi connectivity index (χ4n) is 2.32.